The molecule has 0 radical (unpaired) electrons. The largest absolute Gasteiger partial charge is 0.506 e. The summed E-state index contributed by atoms with van der Waals surface area (Å²) in [6, 6.07) is 8.98. The molecule has 2 aromatic heterocycles. The number of nitrogens with one attached hydrogen (secondary N) is 2. The van der Waals surface area contributed by atoms with Gasteiger partial charge in [-0.1, -0.05) is 12.5 Å². The summed E-state index contributed by atoms with van der Waals surface area (Å²) >= 11 is 0. The normalized spacial score (nSPS) is 10.7. The third-order valence-corrected chi connectivity index (χ3v) is 4.75. The minimum Gasteiger partial charge on any atom is -0.506 e. The molecule has 31 heavy (non-hydrogen) atoms. The van der Waals surface area contributed by atoms with Gasteiger partial charge in [-0.05, 0) is 38.0 Å². The molecule has 0 atom stereocenters. The molecule has 0 bridgehead atoms. The van der Waals surface area contributed by atoms with Crippen molar-refractivity contribution in [3.05, 3.63) is 64.1 Å². The van der Waals surface area contributed by atoms with Crippen LogP contribution in [-0.2, 0) is 4.79 Å². The SMILES string of the molecule is Cc1nc2ccccn2c1C(=O)NCCCCCC(=O)Nc1cc([N+](=O)[O-])ccc1O. The van der Waals surface area contributed by atoms with E-state index in [4.69, 9.17) is 0 Å². The molecule has 0 fully saturated rings. The highest BCUT2D eigenvalue weighted by atomic mass is 16.6. The highest BCUT2D eigenvalue weighted by molar-refractivity contribution is 5.94. The molecule has 2 heterocycles. The van der Waals surface area contributed by atoms with Crippen LogP contribution in [0.4, 0.5) is 11.4 Å². The van der Waals surface area contributed by atoms with Crippen LogP contribution in [0.1, 0.15) is 41.9 Å². The Morgan fingerprint density at radius 3 is 2.77 bits per heavy atom. The Morgan fingerprint density at radius 1 is 1.19 bits per heavy atom. The zero-order chi connectivity index (χ0) is 22.4. The van der Waals surface area contributed by atoms with Gasteiger partial charge >= 0.3 is 0 Å². The van der Waals surface area contributed by atoms with E-state index in [0.717, 1.165) is 12.1 Å². The predicted molar refractivity (Wildman–Crippen MR) is 114 cm³/mol. The maximum absolute atomic E-state index is 12.5. The van der Waals surface area contributed by atoms with Crippen molar-refractivity contribution in [2.24, 2.45) is 0 Å². The number of anilines is 1. The van der Waals surface area contributed by atoms with Crippen LogP contribution in [0.15, 0.2) is 42.6 Å². The molecule has 162 valence electrons. The number of nitro groups is 1. The maximum Gasteiger partial charge on any atom is 0.271 e. The van der Waals surface area contributed by atoms with Crippen LogP contribution in [0.25, 0.3) is 5.65 Å². The topological polar surface area (TPSA) is 139 Å². The number of amides is 2. The summed E-state index contributed by atoms with van der Waals surface area (Å²) in [4.78, 5) is 39.1. The fourth-order valence-electron chi connectivity index (χ4n) is 3.21. The van der Waals surface area contributed by atoms with Gasteiger partial charge in [0.05, 0.1) is 16.3 Å². The van der Waals surface area contributed by atoms with Gasteiger partial charge in [-0.25, -0.2) is 4.98 Å². The van der Waals surface area contributed by atoms with Crippen molar-refractivity contribution in [3.8, 4) is 5.75 Å². The number of carbonyl (C=O) groups excluding carboxylic acids is 2. The Labute approximate surface area is 178 Å². The average molecular weight is 425 g/mol. The minimum absolute atomic E-state index is 0.00914. The summed E-state index contributed by atoms with van der Waals surface area (Å²) in [5.41, 5.74) is 1.67. The van der Waals surface area contributed by atoms with Crippen molar-refractivity contribution < 1.29 is 19.6 Å². The molecule has 0 unspecified atom stereocenters. The van der Waals surface area contributed by atoms with Crippen molar-refractivity contribution in [1.29, 1.82) is 0 Å². The molecule has 3 aromatic rings. The van der Waals surface area contributed by atoms with E-state index >= 15 is 0 Å². The first-order chi connectivity index (χ1) is 14.9. The number of unbranched alkanes of at least 4 members (excludes halogenated alkanes) is 2. The van der Waals surface area contributed by atoms with Crippen LogP contribution < -0.4 is 10.6 Å². The Balaban J connectivity index is 1.40. The van der Waals surface area contributed by atoms with Gasteiger partial charge in [0.1, 0.15) is 17.1 Å². The lowest BCUT2D eigenvalue weighted by Gasteiger charge is -2.08. The van der Waals surface area contributed by atoms with E-state index in [1.165, 1.54) is 6.07 Å². The summed E-state index contributed by atoms with van der Waals surface area (Å²) in [7, 11) is 0. The Kier molecular flexibility index (Phi) is 6.81. The first-order valence-corrected chi connectivity index (χ1v) is 9.86. The molecule has 0 saturated heterocycles. The number of rotatable bonds is 9. The number of carbonyl (C=O) groups is 2. The van der Waals surface area contributed by atoms with E-state index in [2.05, 4.69) is 15.6 Å². The van der Waals surface area contributed by atoms with E-state index in [9.17, 15) is 24.8 Å². The standard InChI is InChI=1S/C21H23N5O5/c1-14-20(25-12-6-4-7-18(25)23-14)21(29)22-11-5-2-3-8-19(28)24-16-13-15(26(30)31)9-10-17(16)27/h4,6-7,9-10,12-13,27H,2-3,5,8,11H2,1H3,(H,22,29)(H,24,28). The van der Waals surface area contributed by atoms with Crippen LogP contribution in [0, 0.1) is 17.0 Å². The molecular weight excluding hydrogens is 402 g/mol. The number of hydrogen-bond acceptors (Lipinski definition) is 6. The molecule has 3 rings (SSSR count). The summed E-state index contributed by atoms with van der Waals surface area (Å²) in [6.45, 7) is 2.26. The quantitative estimate of drug-likeness (QED) is 0.208. The number of phenolic OH excluding ortho intramolecular Hbond substituents is 1. The smallest absolute Gasteiger partial charge is 0.271 e. The fourth-order valence-corrected chi connectivity index (χ4v) is 3.21. The van der Waals surface area contributed by atoms with Gasteiger partial charge in [0.2, 0.25) is 5.91 Å². The zero-order valence-corrected chi connectivity index (χ0v) is 17.0. The van der Waals surface area contributed by atoms with Crippen molar-refractivity contribution in [3.63, 3.8) is 0 Å². The Hall–Kier alpha value is -3.95. The van der Waals surface area contributed by atoms with Gasteiger partial charge in [0.15, 0.2) is 0 Å². The summed E-state index contributed by atoms with van der Waals surface area (Å²) < 4.78 is 1.75. The minimum atomic E-state index is -0.600. The van der Waals surface area contributed by atoms with E-state index < -0.39 is 4.92 Å². The van der Waals surface area contributed by atoms with Gasteiger partial charge in [-0.2, -0.15) is 0 Å². The third kappa shape index (κ3) is 5.35. The number of pyridine rings is 1. The second kappa shape index (κ2) is 9.70. The van der Waals surface area contributed by atoms with Gasteiger partial charge in [-0.15, -0.1) is 0 Å². The monoisotopic (exact) mass is 425 g/mol. The number of aromatic hydroxyl groups is 1. The van der Waals surface area contributed by atoms with E-state index in [1.807, 2.05) is 18.2 Å². The molecule has 2 amide bonds. The van der Waals surface area contributed by atoms with Crippen molar-refractivity contribution >= 4 is 28.8 Å². The maximum atomic E-state index is 12.5. The van der Waals surface area contributed by atoms with Crippen LogP contribution in [0.3, 0.4) is 0 Å². The zero-order valence-electron chi connectivity index (χ0n) is 17.0. The highest BCUT2D eigenvalue weighted by Gasteiger charge is 2.16. The van der Waals surface area contributed by atoms with Gasteiger partial charge in [0, 0.05) is 31.3 Å². The van der Waals surface area contributed by atoms with Crippen molar-refractivity contribution in [1.82, 2.24) is 14.7 Å². The Bertz CT molecular complexity index is 1120. The number of phenols is 1. The van der Waals surface area contributed by atoms with Crippen molar-refractivity contribution in [2.45, 2.75) is 32.6 Å². The van der Waals surface area contributed by atoms with Gasteiger partial charge in [0.25, 0.3) is 11.6 Å². The van der Waals surface area contributed by atoms with Gasteiger partial charge < -0.3 is 15.7 Å². The fraction of sp³-hybridized carbons (Fsp3) is 0.286. The summed E-state index contributed by atoms with van der Waals surface area (Å²) in [5, 5.41) is 25.9. The molecule has 0 aliphatic carbocycles. The van der Waals surface area contributed by atoms with Crippen LogP contribution in [-0.4, -0.2) is 37.8 Å². The second-order valence-corrected chi connectivity index (χ2v) is 7.05. The Morgan fingerprint density at radius 2 is 2.00 bits per heavy atom. The molecule has 3 N–H and O–H groups in total. The molecule has 1 aromatic carbocycles. The van der Waals surface area contributed by atoms with Crippen LogP contribution in [0.2, 0.25) is 0 Å². The molecule has 0 saturated carbocycles. The first-order valence-electron chi connectivity index (χ1n) is 9.86. The summed E-state index contributed by atoms with van der Waals surface area (Å²) in [6.07, 6.45) is 3.97. The van der Waals surface area contributed by atoms with Crippen LogP contribution in [0.5, 0.6) is 5.75 Å². The number of nitro benzene ring substituents is 1. The highest BCUT2D eigenvalue weighted by Crippen LogP contribution is 2.28. The lowest BCUT2D eigenvalue weighted by atomic mass is 10.1. The molecule has 10 heteroatoms. The molecule has 10 nitrogen and oxygen atoms in total. The second-order valence-electron chi connectivity index (χ2n) is 7.05. The lowest BCUT2D eigenvalue weighted by Crippen LogP contribution is -2.26. The van der Waals surface area contributed by atoms with E-state index in [0.29, 0.717) is 42.8 Å². The third-order valence-electron chi connectivity index (χ3n) is 4.75. The van der Waals surface area contributed by atoms with E-state index in [1.54, 1.807) is 17.5 Å². The van der Waals surface area contributed by atoms with Crippen LogP contribution >= 0.6 is 0 Å². The average Bonchev–Trinajstić information content (AvgIpc) is 3.07. The predicted octanol–water partition coefficient (Wildman–Crippen LogP) is 3.19. The number of hydrogen-bond donors (Lipinski definition) is 3. The van der Waals surface area contributed by atoms with E-state index in [-0.39, 0.29) is 35.4 Å². The number of aromatic nitrogens is 2. The van der Waals surface area contributed by atoms with Gasteiger partial charge in [-0.3, -0.25) is 24.1 Å². The molecule has 0 aliphatic rings. The summed E-state index contributed by atoms with van der Waals surface area (Å²) in [5.74, 6) is -0.777. The number of benzene rings is 1. The number of non-ortho nitro benzene ring substituents is 1. The number of nitrogens with zero attached hydrogens (tertiary/aromatic N) is 3. The lowest BCUT2D eigenvalue weighted by molar-refractivity contribution is -0.384. The number of aryl methyl sites for hydroxylation is 1. The first kappa shape index (κ1) is 21.8. The molecule has 0 aliphatic heterocycles. The molecular formula is C21H23N5O5. The molecule has 0 spiro atoms. The van der Waals surface area contributed by atoms with Crippen molar-refractivity contribution in [2.75, 3.05) is 11.9 Å². The number of imidazole rings is 1. The number of fused-ring (bicyclic) bond motifs is 1.